The van der Waals surface area contributed by atoms with Crippen LogP contribution in [0.4, 0.5) is 5.82 Å². The van der Waals surface area contributed by atoms with Gasteiger partial charge in [-0.15, -0.1) is 16.6 Å². The Morgan fingerprint density at radius 3 is 2.50 bits per heavy atom. The number of hydrogen-bond donors (Lipinski definition) is 1. The Kier molecular flexibility index (Phi) is 3.69. The van der Waals surface area contributed by atoms with Gasteiger partial charge in [-0.05, 0) is 5.92 Å². The van der Waals surface area contributed by atoms with Crippen LogP contribution in [0.5, 0.6) is 0 Å². The highest BCUT2D eigenvalue weighted by molar-refractivity contribution is 6.34. The standard InChI is InChI=1S/C14H14ClN3/c1-4-12(9(2)3)16-14-11-8-6-5-7-10(11)13(15)17-18-14/h1,5-9,12H,2-3H3,(H,16,18). The lowest BCUT2D eigenvalue weighted by molar-refractivity contribution is 0.612. The van der Waals surface area contributed by atoms with E-state index in [-0.39, 0.29) is 6.04 Å². The first-order chi connectivity index (χ1) is 8.63. The third-order valence-electron chi connectivity index (χ3n) is 2.78. The number of anilines is 1. The molecule has 1 heterocycles. The third-order valence-corrected chi connectivity index (χ3v) is 3.06. The Morgan fingerprint density at radius 2 is 1.89 bits per heavy atom. The van der Waals surface area contributed by atoms with Crippen LogP contribution in [0.2, 0.25) is 5.15 Å². The molecule has 0 saturated heterocycles. The van der Waals surface area contributed by atoms with Crippen LogP contribution in [0.3, 0.4) is 0 Å². The number of terminal acetylenes is 1. The number of nitrogens with zero attached hydrogens (tertiary/aromatic N) is 2. The van der Waals surface area contributed by atoms with Gasteiger partial charge in [0.05, 0.1) is 6.04 Å². The fourth-order valence-electron chi connectivity index (χ4n) is 1.73. The summed E-state index contributed by atoms with van der Waals surface area (Å²) in [5.74, 6) is 3.70. The van der Waals surface area contributed by atoms with Crippen molar-refractivity contribution in [1.82, 2.24) is 10.2 Å². The van der Waals surface area contributed by atoms with Gasteiger partial charge in [0.2, 0.25) is 0 Å². The SMILES string of the molecule is C#CC(Nc1nnc(Cl)c2ccccc12)C(C)C. The summed E-state index contributed by atoms with van der Waals surface area (Å²) in [5, 5.41) is 13.5. The first kappa shape index (κ1) is 12.7. The monoisotopic (exact) mass is 259 g/mol. The zero-order chi connectivity index (χ0) is 13.1. The summed E-state index contributed by atoms with van der Waals surface area (Å²) >= 11 is 6.02. The number of aromatic nitrogens is 2. The molecule has 0 bridgehead atoms. The summed E-state index contributed by atoms with van der Waals surface area (Å²) < 4.78 is 0. The maximum atomic E-state index is 6.02. The third kappa shape index (κ3) is 2.39. The van der Waals surface area contributed by atoms with Crippen molar-refractivity contribution in [2.24, 2.45) is 5.92 Å². The number of nitrogens with one attached hydrogen (secondary N) is 1. The second kappa shape index (κ2) is 5.24. The van der Waals surface area contributed by atoms with E-state index >= 15 is 0 Å². The van der Waals surface area contributed by atoms with Gasteiger partial charge in [-0.2, -0.15) is 0 Å². The van der Waals surface area contributed by atoms with Gasteiger partial charge in [0.15, 0.2) is 11.0 Å². The Morgan fingerprint density at radius 1 is 1.22 bits per heavy atom. The molecule has 2 aromatic rings. The molecule has 2 rings (SSSR count). The van der Waals surface area contributed by atoms with Gasteiger partial charge in [0.1, 0.15) is 0 Å². The molecule has 92 valence electrons. The molecule has 0 radical (unpaired) electrons. The number of hydrogen-bond acceptors (Lipinski definition) is 3. The lowest BCUT2D eigenvalue weighted by atomic mass is 10.1. The second-order valence-electron chi connectivity index (χ2n) is 4.42. The molecule has 1 aromatic carbocycles. The van der Waals surface area contributed by atoms with Crippen LogP contribution < -0.4 is 5.32 Å². The van der Waals surface area contributed by atoms with Gasteiger partial charge in [-0.25, -0.2) is 0 Å². The molecular weight excluding hydrogens is 246 g/mol. The molecule has 0 saturated carbocycles. The average molecular weight is 260 g/mol. The van der Waals surface area contributed by atoms with Gasteiger partial charge in [0.25, 0.3) is 0 Å². The molecule has 0 fully saturated rings. The minimum atomic E-state index is -0.0797. The first-order valence-electron chi connectivity index (χ1n) is 5.77. The van der Waals surface area contributed by atoms with Crippen molar-refractivity contribution in [1.29, 1.82) is 0 Å². The van der Waals surface area contributed by atoms with E-state index in [2.05, 4.69) is 35.3 Å². The number of benzene rings is 1. The van der Waals surface area contributed by atoms with Crippen molar-refractivity contribution >= 4 is 28.2 Å². The molecular formula is C14H14ClN3. The lowest BCUT2D eigenvalue weighted by Crippen LogP contribution is -2.24. The molecule has 1 atom stereocenters. The van der Waals surface area contributed by atoms with E-state index in [1.807, 2.05) is 24.3 Å². The van der Waals surface area contributed by atoms with E-state index in [9.17, 15) is 0 Å². The Balaban J connectivity index is 2.47. The lowest BCUT2D eigenvalue weighted by Gasteiger charge is -2.18. The van der Waals surface area contributed by atoms with Crippen molar-refractivity contribution in [3.63, 3.8) is 0 Å². The number of fused-ring (bicyclic) bond motifs is 1. The summed E-state index contributed by atoms with van der Waals surface area (Å²) in [7, 11) is 0. The predicted octanol–water partition coefficient (Wildman–Crippen LogP) is 3.35. The van der Waals surface area contributed by atoms with Crippen molar-refractivity contribution in [3.8, 4) is 12.3 Å². The first-order valence-corrected chi connectivity index (χ1v) is 6.15. The molecule has 18 heavy (non-hydrogen) atoms. The molecule has 1 unspecified atom stereocenters. The Bertz CT molecular complexity index is 602. The normalized spacial score (nSPS) is 12.4. The summed E-state index contributed by atoms with van der Waals surface area (Å²) in [6.07, 6.45) is 5.51. The van der Waals surface area contributed by atoms with E-state index in [0.717, 1.165) is 10.8 Å². The van der Waals surface area contributed by atoms with Crippen LogP contribution in [0.25, 0.3) is 10.8 Å². The highest BCUT2D eigenvalue weighted by Gasteiger charge is 2.13. The van der Waals surface area contributed by atoms with Gasteiger partial charge in [0, 0.05) is 10.8 Å². The Labute approximate surface area is 112 Å². The van der Waals surface area contributed by atoms with Crippen LogP contribution >= 0.6 is 11.6 Å². The van der Waals surface area contributed by atoms with Crippen molar-refractivity contribution in [3.05, 3.63) is 29.4 Å². The molecule has 0 spiro atoms. The van der Waals surface area contributed by atoms with Gasteiger partial charge in [-0.1, -0.05) is 55.6 Å². The molecule has 0 aliphatic rings. The summed E-state index contributed by atoms with van der Waals surface area (Å²) in [6.45, 7) is 4.12. The zero-order valence-electron chi connectivity index (χ0n) is 10.3. The molecule has 1 aromatic heterocycles. The van der Waals surface area contributed by atoms with Crippen LogP contribution in [0.1, 0.15) is 13.8 Å². The molecule has 0 amide bonds. The smallest absolute Gasteiger partial charge is 0.159 e. The summed E-state index contributed by atoms with van der Waals surface area (Å²) in [5.41, 5.74) is 0. The average Bonchev–Trinajstić information content (AvgIpc) is 2.38. The van der Waals surface area contributed by atoms with E-state index in [0.29, 0.717) is 16.9 Å². The topological polar surface area (TPSA) is 37.8 Å². The Hall–Kier alpha value is -1.79. The van der Waals surface area contributed by atoms with Gasteiger partial charge in [-0.3, -0.25) is 0 Å². The minimum absolute atomic E-state index is 0.0797. The van der Waals surface area contributed by atoms with Gasteiger partial charge < -0.3 is 5.32 Å². The van der Waals surface area contributed by atoms with E-state index in [1.54, 1.807) is 0 Å². The highest BCUT2D eigenvalue weighted by atomic mass is 35.5. The fourth-order valence-corrected chi connectivity index (χ4v) is 1.93. The molecule has 3 nitrogen and oxygen atoms in total. The van der Waals surface area contributed by atoms with Crippen molar-refractivity contribution in [2.75, 3.05) is 5.32 Å². The molecule has 4 heteroatoms. The predicted molar refractivity (Wildman–Crippen MR) is 75.6 cm³/mol. The fraction of sp³-hybridized carbons (Fsp3) is 0.286. The van der Waals surface area contributed by atoms with E-state index in [4.69, 9.17) is 18.0 Å². The summed E-state index contributed by atoms with van der Waals surface area (Å²) in [4.78, 5) is 0. The van der Waals surface area contributed by atoms with Crippen LogP contribution in [0, 0.1) is 18.3 Å². The maximum Gasteiger partial charge on any atom is 0.159 e. The molecule has 0 aliphatic heterocycles. The van der Waals surface area contributed by atoms with Crippen molar-refractivity contribution < 1.29 is 0 Å². The van der Waals surface area contributed by atoms with Gasteiger partial charge >= 0.3 is 0 Å². The van der Waals surface area contributed by atoms with Crippen LogP contribution in [-0.4, -0.2) is 16.2 Å². The number of halogens is 1. The summed E-state index contributed by atoms with van der Waals surface area (Å²) in [6, 6.07) is 7.64. The van der Waals surface area contributed by atoms with E-state index in [1.165, 1.54) is 0 Å². The second-order valence-corrected chi connectivity index (χ2v) is 4.78. The molecule has 0 aliphatic carbocycles. The van der Waals surface area contributed by atoms with Crippen LogP contribution in [0.15, 0.2) is 24.3 Å². The minimum Gasteiger partial charge on any atom is -0.354 e. The van der Waals surface area contributed by atoms with E-state index < -0.39 is 0 Å². The highest BCUT2D eigenvalue weighted by Crippen LogP contribution is 2.26. The quantitative estimate of drug-likeness (QED) is 0.859. The molecule has 1 N–H and O–H groups in total. The van der Waals surface area contributed by atoms with Crippen molar-refractivity contribution in [2.45, 2.75) is 19.9 Å². The zero-order valence-corrected chi connectivity index (χ0v) is 11.1. The number of rotatable bonds is 3. The maximum absolute atomic E-state index is 6.02. The largest absolute Gasteiger partial charge is 0.354 e. The van der Waals surface area contributed by atoms with Crippen LogP contribution in [-0.2, 0) is 0 Å².